The van der Waals surface area contributed by atoms with Crippen LogP contribution in [0.5, 0.6) is 0 Å². The summed E-state index contributed by atoms with van der Waals surface area (Å²) < 4.78 is 16.2. The van der Waals surface area contributed by atoms with Crippen LogP contribution in [0.15, 0.2) is 63.0 Å². The Bertz CT molecular complexity index is 725. The zero-order valence-electron chi connectivity index (χ0n) is 17.8. The van der Waals surface area contributed by atoms with E-state index >= 15 is 0 Å². The molecule has 2 aromatic rings. The van der Waals surface area contributed by atoms with Gasteiger partial charge in [0.2, 0.25) is 0 Å². The summed E-state index contributed by atoms with van der Waals surface area (Å²) in [6.07, 6.45) is 3.66. The van der Waals surface area contributed by atoms with Crippen LogP contribution in [0.25, 0.3) is 0 Å². The van der Waals surface area contributed by atoms with E-state index in [-0.39, 0.29) is 0 Å². The van der Waals surface area contributed by atoms with Crippen molar-refractivity contribution in [2.45, 2.75) is 17.7 Å². The van der Waals surface area contributed by atoms with E-state index < -0.39 is 0 Å². The Kier molecular flexibility index (Phi) is 10.1. The molecule has 7 heteroatoms. The summed E-state index contributed by atoms with van der Waals surface area (Å²) in [5.41, 5.74) is 0. The minimum absolute atomic E-state index is 0.539. The molecule has 0 aliphatic carbocycles. The van der Waals surface area contributed by atoms with Gasteiger partial charge in [-0.15, -0.1) is 11.8 Å². The van der Waals surface area contributed by atoms with Gasteiger partial charge in [0.1, 0.15) is 5.76 Å². The molecular formula is C23H33N3O3S. The molecule has 164 valence electrons. The third-order valence-electron chi connectivity index (χ3n) is 4.97. The highest BCUT2D eigenvalue weighted by atomic mass is 32.2. The van der Waals surface area contributed by atoms with E-state index in [2.05, 4.69) is 40.5 Å². The molecule has 3 rings (SSSR count). The second-order valence-electron chi connectivity index (χ2n) is 7.29. The van der Waals surface area contributed by atoms with E-state index in [1.54, 1.807) is 13.4 Å². The lowest BCUT2D eigenvalue weighted by Crippen LogP contribution is -2.41. The number of furan rings is 1. The molecular weight excluding hydrogens is 398 g/mol. The smallest absolute Gasteiger partial charge is 0.193 e. The van der Waals surface area contributed by atoms with Crippen molar-refractivity contribution in [2.75, 3.05) is 58.9 Å². The second-order valence-corrected chi connectivity index (χ2v) is 8.46. The van der Waals surface area contributed by atoms with E-state index in [9.17, 15) is 0 Å². The van der Waals surface area contributed by atoms with Crippen molar-refractivity contribution in [3.05, 3.63) is 54.5 Å². The molecule has 0 amide bonds. The van der Waals surface area contributed by atoms with Crippen LogP contribution in [0.2, 0.25) is 0 Å². The van der Waals surface area contributed by atoms with Crippen molar-refractivity contribution in [1.29, 1.82) is 0 Å². The number of benzene rings is 1. The number of methoxy groups -OCH3 is 1. The fraction of sp³-hybridized carbons (Fsp3) is 0.522. The molecule has 1 aliphatic rings. The van der Waals surface area contributed by atoms with Gasteiger partial charge < -0.3 is 24.1 Å². The topological polar surface area (TPSA) is 59.2 Å². The third-order valence-corrected chi connectivity index (χ3v) is 5.98. The number of ether oxygens (including phenoxy) is 2. The lowest BCUT2D eigenvalue weighted by Gasteiger charge is -2.22. The van der Waals surface area contributed by atoms with Crippen LogP contribution in [0, 0.1) is 5.92 Å². The van der Waals surface area contributed by atoms with E-state index in [0.29, 0.717) is 25.7 Å². The summed E-state index contributed by atoms with van der Waals surface area (Å²) in [7, 11) is 1.70. The Hall–Kier alpha value is -1.96. The van der Waals surface area contributed by atoms with Crippen molar-refractivity contribution >= 4 is 17.7 Å². The molecule has 1 unspecified atom stereocenters. The highest BCUT2D eigenvalue weighted by Crippen LogP contribution is 2.18. The summed E-state index contributed by atoms with van der Waals surface area (Å²) in [6.45, 7) is 5.67. The monoisotopic (exact) mass is 431 g/mol. The lowest BCUT2D eigenvalue weighted by molar-refractivity contribution is 0.0536. The summed E-state index contributed by atoms with van der Waals surface area (Å²) in [5.74, 6) is 3.51. The summed E-state index contributed by atoms with van der Waals surface area (Å²) >= 11 is 1.86. The van der Waals surface area contributed by atoms with Crippen LogP contribution < -0.4 is 5.32 Å². The van der Waals surface area contributed by atoms with Gasteiger partial charge in [-0.3, -0.25) is 4.99 Å². The van der Waals surface area contributed by atoms with Crippen molar-refractivity contribution in [3.63, 3.8) is 0 Å². The molecule has 1 aromatic carbocycles. The predicted octanol–water partition coefficient (Wildman–Crippen LogP) is 3.54. The van der Waals surface area contributed by atoms with Gasteiger partial charge in [0, 0.05) is 56.3 Å². The fourth-order valence-corrected chi connectivity index (χ4v) is 4.19. The predicted molar refractivity (Wildman–Crippen MR) is 122 cm³/mol. The van der Waals surface area contributed by atoms with Gasteiger partial charge in [0.15, 0.2) is 5.96 Å². The number of thioether (sulfide) groups is 1. The van der Waals surface area contributed by atoms with Gasteiger partial charge in [0.05, 0.1) is 26.1 Å². The molecule has 1 fully saturated rings. The molecule has 0 radical (unpaired) electrons. The minimum atomic E-state index is 0.539. The first-order valence-corrected chi connectivity index (χ1v) is 11.6. The molecule has 1 saturated heterocycles. The van der Waals surface area contributed by atoms with Gasteiger partial charge >= 0.3 is 0 Å². The van der Waals surface area contributed by atoms with Crippen LogP contribution in [-0.4, -0.2) is 69.7 Å². The molecule has 1 aromatic heterocycles. The van der Waals surface area contributed by atoms with Crippen molar-refractivity contribution in [1.82, 2.24) is 10.2 Å². The van der Waals surface area contributed by atoms with Gasteiger partial charge in [-0.2, -0.15) is 0 Å². The number of rotatable bonds is 12. The number of likely N-dealkylation sites (tertiary alicyclic amines) is 1. The average molecular weight is 432 g/mol. The maximum atomic E-state index is 5.74. The first-order valence-electron chi connectivity index (χ1n) is 10.7. The number of nitrogens with one attached hydrogen (secondary N) is 1. The molecule has 0 spiro atoms. The fourth-order valence-electron chi connectivity index (χ4n) is 3.40. The molecule has 0 bridgehead atoms. The third kappa shape index (κ3) is 8.05. The SMILES string of the molecule is COCCOCC1CCN(C(=NCCc2ccco2)NCCSc2ccccc2)C1. The Labute approximate surface area is 184 Å². The van der Waals surface area contributed by atoms with Crippen LogP contribution in [-0.2, 0) is 15.9 Å². The highest BCUT2D eigenvalue weighted by Gasteiger charge is 2.25. The van der Waals surface area contributed by atoms with Crippen molar-refractivity contribution in [2.24, 2.45) is 10.9 Å². The normalized spacial score (nSPS) is 16.9. The maximum absolute atomic E-state index is 5.74. The molecule has 2 heterocycles. The molecule has 1 N–H and O–H groups in total. The highest BCUT2D eigenvalue weighted by molar-refractivity contribution is 7.99. The van der Waals surface area contributed by atoms with Crippen LogP contribution in [0.1, 0.15) is 12.2 Å². The van der Waals surface area contributed by atoms with E-state index in [4.69, 9.17) is 18.9 Å². The van der Waals surface area contributed by atoms with Crippen LogP contribution >= 0.6 is 11.8 Å². The van der Waals surface area contributed by atoms with Gasteiger partial charge in [-0.25, -0.2) is 0 Å². The Balaban J connectivity index is 1.47. The zero-order valence-corrected chi connectivity index (χ0v) is 18.6. The molecule has 1 aliphatic heterocycles. The zero-order chi connectivity index (χ0) is 20.9. The number of hydrogen-bond acceptors (Lipinski definition) is 5. The quantitative estimate of drug-likeness (QED) is 0.240. The van der Waals surface area contributed by atoms with E-state index in [0.717, 1.165) is 56.6 Å². The average Bonchev–Trinajstić information content (AvgIpc) is 3.46. The molecule has 0 saturated carbocycles. The first-order chi connectivity index (χ1) is 14.8. The second kappa shape index (κ2) is 13.4. The summed E-state index contributed by atoms with van der Waals surface area (Å²) in [6, 6.07) is 14.4. The van der Waals surface area contributed by atoms with Crippen LogP contribution in [0.4, 0.5) is 0 Å². The Morgan fingerprint density at radius 3 is 2.93 bits per heavy atom. The number of hydrogen-bond donors (Lipinski definition) is 1. The standard InChI is InChI=1S/C23H33N3O3S/c1-27-15-16-28-19-20-10-13-26(18-20)23(24-11-9-21-6-5-14-29-21)25-12-17-30-22-7-3-2-4-8-22/h2-8,14,20H,9-13,15-19H2,1H3,(H,24,25). The van der Waals surface area contributed by atoms with Crippen molar-refractivity contribution in [3.8, 4) is 0 Å². The first kappa shape index (κ1) is 22.7. The van der Waals surface area contributed by atoms with Crippen LogP contribution in [0.3, 0.4) is 0 Å². The lowest BCUT2D eigenvalue weighted by atomic mass is 10.1. The summed E-state index contributed by atoms with van der Waals surface area (Å²) in [4.78, 5) is 8.53. The van der Waals surface area contributed by atoms with Gasteiger partial charge in [-0.05, 0) is 30.7 Å². The van der Waals surface area contributed by atoms with Crippen molar-refractivity contribution < 1.29 is 13.9 Å². The number of aliphatic imine (C=N–C) groups is 1. The molecule has 1 atom stereocenters. The molecule has 30 heavy (non-hydrogen) atoms. The summed E-state index contributed by atoms with van der Waals surface area (Å²) in [5, 5.41) is 3.57. The number of guanidine groups is 1. The van der Waals surface area contributed by atoms with Gasteiger partial charge in [0.25, 0.3) is 0 Å². The minimum Gasteiger partial charge on any atom is -0.469 e. The molecule has 6 nitrogen and oxygen atoms in total. The van der Waals surface area contributed by atoms with Gasteiger partial charge in [-0.1, -0.05) is 18.2 Å². The maximum Gasteiger partial charge on any atom is 0.193 e. The Morgan fingerprint density at radius 1 is 1.23 bits per heavy atom. The van der Waals surface area contributed by atoms with E-state index in [1.807, 2.05) is 23.9 Å². The Morgan fingerprint density at radius 2 is 2.13 bits per heavy atom. The largest absolute Gasteiger partial charge is 0.469 e. The van der Waals surface area contributed by atoms with E-state index in [1.165, 1.54) is 4.90 Å². The number of nitrogens with zero attached hydrogens (tertiary/aromatic N) is 2.